The fraction of sp³-hybridized carbons (Fsp3) is 0.692. The molecule has 2 heterocycles. The number of rotatable bonds is 3. The summed E-state index contributed by atoms with van der Waals surface area (Å²) in [6.07, 6.45) is 1.50. The van der Waals surface area contributed by atoms with Gasteiger partial charge < -0.3 is 14.4 Å². The van der Waals surface area contributed by atoms with Crippen LogP contribution >= 0.6 is 0 Å². The number of morpholine rings is 1. The fourth-order valence-corrected chi connectivity index (χ4v) is 2.94. The summed E-state index contributed by atoms with van der Waals surface area (Å²) in [5, 5.41) is 9.21. The lowest BCUT2D eigenvalue weighted by Crippen LogP contribution is -2.36. The van der Waals surface area contributed by atoms with E-state index in [9.17, 15) is 9.90 Å². The topological polar surface area (TPSA) is 67.6 Å². The van der Waals surface area contributed by atoms with Crippen molar-refractivity contribution < 1.29 is 14.6 Å². The molecule has 1 aromatic rings. The highest BCUT2D eigenvalue weighted by molar-refractivity contribution is 5.76. The first kappa shape index (κ1) is 12.6. The summed E-state index contributed by atoms with van der Waals surface area (Å²) in [6, 6.07) is 0. The summed E-state index contributed by atoms with van der Waals surface area (Å²) in [5.74, 6) is -0.202. The van der Waals surface area contributed by atoms with Gasteiger partial charge in [0.25, 0.3) is 0 Å². The van der Waals surface area contributed by atoms with Crippen molar-refractivity contribution in [1.29, 1.82) is 0 Å². The Hall–Kier alpha value is -1.40. The second-order valence-corrected chi connectivity index (χ2v) is 5.24. The van der Waals surface area contributed by atoms with Crippen LogP contribution in [0.5, 0.6) is 0 Å². The van der Waals surface area contributed by atoms with Gasteiger partial charge in [0.1, 0.15) is 11.7 Å². The molecule has 0 bridgehead atoms. The Morgan fingerprint density at radius 1 is 1.47 bits per heavy atom. The Balaban J connectivity index is 1.80. The van der Waals surface area contributed by atoms with E-state index in [2.05, 4.69) is 14.5 Å². The highest BCUT2D eigenvalue weighted by Gasteiger charge is 2.33. The Morgan fingerprint density at radius 2 is 2.21 bits per heavy atom. The van der Waals surface area contributed by atoms with Crippen molar-refractivity contribution in [3.63, 3.8) is 0 Å². The third kappa shape index (κ3) is 2.26. The molecule has 1 unspecified atom stereocenters. The molecule has 1 aliphatic carbocycles. The van der Waals surface area contributed by atoms with Gasteiger partial charge in [-0.1, -0.05) is 0 Å². The first-order chi connectivity index (χ1) is 9.16. The lowest BCUT2D eigenvalue weighted by molar-refractivity contribution is -0.138. The number of imidazole rings is 1. The van der Waals surface area contributed by atoms with E-state index >= 15 is 0 Å². The lowest BCUT2D eigenvalue weighted by atomic mass is 10.1. The van der Waals surface area contributed by atoms with Crippen LogP contribution in [0.4, 0.5) is 0 Å². The molecule has 1 atom stereocenters. The van der Waals surface area contributed by atoms with Gasteiger partial charge in [0.05, 0.1) is 25.5 Å². The van der Waals surface area contributed by atoms with E-state index in [4.69, 9.17) is 4.74 Å². The summed E-state index contributed by atoms with van der Waals surface area (Å²) < 4.78 is 7.41. The van der Waals surface area contributed by atoms with Gasteiger partial charge in [0, 0.05) is 25.8 Å². The summed E-state index contributed by atoms with van der Waals surface area (Å²) in [7, 11) is 1.99. The van der Waals surface area contributed by atoms with Crippen molar-refractivity contribution in [2.45, 2.75) is 25.3 Å². The second kappa shape index (κ2) is 4.94. The molecule has 0 spiro atoms. The van der Waals surface area contributed by atoms with E-state index in [-0.39, 0.29) is 0 Å². The van der Waals surface area contributed by atoms with Crippen LogP contribution in [0.2, 0.25) is 0 Å². The number of aromatic nitrogens is 2. The first-order valence-electron chi connectivity index (χ1n) is 6.74. The minimum Gasteiger partial charge on any atom is -0.481 e. The number of hydrogen-bond donors (Lipinski definition) is 1. The molecule has 3 rings (SSSR count). The molecule has 0 aromatic carbocycles. The Kier molecular flexibility index (Phi) is 3.28. The molecule has 6 nitrogen and oxygen atoms in total. The Morgan fingerprint density at radius 3 is 2.89 bits per heavy atom. The lowest BCUT2D eigenvalue weighted by Gasteiger charge is -2.26. The molecule has 1 aromatic heterocycles. The molecule has 1 fully saturated rings. The predicted octanol–water partition coefficient (Wildman–Crippen LogP) is 0.367. The summed E-state index contributed by atoms with van der Waals surface area (Å²) in [5.41, 5.74) is 1.87. The van der Waals surface area contributed by atoms with E-state index in [0.29, 0.717) is 6.42 Å². The zero-order chi connectivity index (χ0) is 13.4. The molecule has 0 radical (unpaired) electrons. The van der Waals surface area contributed by atoms with Gasteiger partial charge in [-0.15, -0.1) is 0 Å². The number of fused-ring (bicyclic) bond motifs is 1. The smallest absolute Gasteiger partial charge is 0.312 e. The zero-order valence-corrected chi connectivity index (χ0v) is 11.1. The standard InChI is InChI=1S/C13H19N3O3/c1-15-10-3-2-9(13(17)18)12(10)14-11(15)8-16-4-6-19-7-5-16/h9H,2-8H2,1H3,(H,17,18). The third-order valence-electron chi connectivity index (χ3n) is 4.10. The van der Waals surface area contributed by atoms with Crippen LogP contribution in [0.1, 0.15) is 29.6 Å². The number of carboxylic acids is 1. The van der Waals surface area contributed by atoms with Crippen LogP contribution in [-0.2, 0) is 29.5 Å². The number of hydrogen-bond acceptors (Lipinski definition) is 4. The van der Waals surface area contributed by atoms with Crippen LogP contribution in [0.15, 0.2) is 0 Å². The Labute approximate surface area is 112 Å². The van der Waals surface area contributed by atoms with E-state index < -0.39 is 11.9 Å². The predicted molar refractivity (Wildman–Crippen MR) is 68.0 cm³/mol. The summed E-state index contributed by atoms with van der Waals surface area (Å²) in [4.78, 5) is 18.1. The van der Waals surface area contributed by atoms with Crippen molar-refractivity contribution in [1.82, 2.24) is 14.5 Å². The number of nitrogens with zero attached hydrogens (tertiary/aromatic N) is 3. The highest BCUT2D eigenvalue weighted by Crippen LogP contribution is 2.33. The number of carboxylic acid groups (broad SMARTS) is 1. The van der Waals surface area contributed by atoms with E-state index in [1.807, 2.05) is 7.05 Å². The number of ether oxygens (including phenoxy) is 1. The summed E-state index contributed by atoms with van der Waals surface area (Å²) >= 11 is 0. The van der Waals surface area contributed by atoms with Crippen molar-refractivity contribution >= 4 is 5.97 Å². The molecular weight excluding hydrogens is 246 g/mol. The van der Waals surface area contributed by atoms with Gasteiger partial charge >= 0.3 is 5.97 Å². The molecule has 0 saturated carbocycles. The minimum atomic E-state index is -0.755. The fourth-order valence-electron chi connectivity index (χ4n) is 2.94. The van der Waals surface area contributed by atoms with Crippen molar-refractivity contribution in [3.05, 3.63) is 17.2 Å². The van der Waals surface area contributed by atoms with Crippen LogP contribution in [0.25, 0.3) is 0 Å². The average molecular weight is 265 g/mol. The molecule has 6 heteroatoms. The van der Waals surface area contributed by atoms with E-state index in [0.717, 1.165) is 56.5 Å². The normalized spacial score (nSPS) is 23.5. The minimum absolute atomic E-state index is 0.417. The summed E-state index contributed by atoms with van der Waals surface area (Å²) in [6.45, 7) is 4.14. The van der Waals surface area contributed by atoms with Crippen molar-refractivity contribution in [3.8, 4) is 0 Å². The van der Waals surface area contributed by atoms with Crippen LogP contribution in [-0.4, -0.2) is 51.8 Å². The third-order valence-corrected chi connectivity index (χ3v) is 4.10. The molecular formula is C13H19N3O3. The monoisotopic (exact) mass is 265 g/mol. The van der Waals surface area contributed by atoms with Crippen LogP contribution in [0, 0.1) is 0 Å². The number of carbonyl (C=O) groups is 1. The molecule has 0 amide bonds. The molecule has 1 saturated heterocycles. The first-order valence-corrected chi connectivity index (χ1v) is 6.74. The molecule has 2 aliphatic rings. The zero-order valence-electron chi connectivity index (χ0n) is 11.1. The van der Waals surface area contributed by atoms with Gasteiger partial charge in [-0.2, -0.15) is 0 Å². The Bertz CT molecular complexity index is 492. The quantitative estimate of drug-likeness (QED) is 0.855. The van der Waals surface area contributed by atoms with Crippen LogP contribution < -0.4 is 0 Å². The maximum atomic E-state index is 11.2. The maximum absolute atomic E-state index is 11.2. The van der Waals surface area contributed by atoms with E-state index in [1.165, 1.54) is 0 Å². The van der Waals surface area contributed by atoms with Gasteiger partial charge in [0.15, 0.2) is 0 Å². The maximum Gasteiger partial charge on any atom is 0.312 e. The second-order valence-electron chi connectivity index (χ2n) is 5.24. The molecule has 19 heavy (non-hydrogen) atoms. The average Bonchev–Trinajstić information content (AvgIpc) is 2.93. The van der Waals surface area contributed by atoms with Crippen molar-refractivity contribution in [2.75, 3.05) is 26.3 Å². The largest absolute Gasteiger partial charge is 0.481 e. The number of aliphatic carboxylic acids is 1. The molecule has 104 valence electrons. The van der Waals surface area contributed by atoms with E-state index in [1.54, 1.807) is 0 Å². The molecule has 1 aliphatic heterocycles. The van der Waals surface area contributed by atoms with Gasteiger partial charge in [0.2, 0.25) is 0 Å². The van der Waals surface area contributed by atoms with Crippen LogP contribution in [0.3, 0.4) is 0 Å². The van der Waals surface area contributed by atoms with Crippen molar-refractivity contribution in [2.24, 2.45) is 7.05 Å². The van der Waals surface area contributed by atoms with Gasteiger partial charge in [-0.25, -0.2) is 4.98 Å². The van der Waals surface area contributed by atoms with Gasteiger partial charge in [-0.3, -0.25) is 9.69 Å². The highest BCUT2D eigenvalue weighted by atomic mass is 16.5. The SMILES string of the molecule is Cn1c(CN2CCOCC2)nc2c1CCC2C(=O)O. The van der Waals surface area contributed by atoms with Gasteiger partial charge in [-0.05, 0) is 12.8 Å². The molecule has 1 N–H and O–H groups in total.